The zero-order valence-corrected chi connectivity index (χ0v) is 42.3. The van der Waals surface area contributed by atoms with Gasteiger partial charge in [0.05, 0.1) is 0 Å². The number of benzene rings is 6. The molecule has 8 bridgehead atoms. The van der Waals surface area contributed by atoms with Crippen LogP contribution in [0.2, 0.25) is 0 Å². The second-order valence-corrected chi connectivity index (χ2v) is 23.0. The van der Waals surface area contributed by atoms with Gasteiger partial charge in [-0.2, -0.15) is 0 Å². The highest BCUT2D eigenvalue weighted by molar-refractivity contribution is 5.95. The summed E-state index contributed by atoms with van der Waals surface area (Å²) in [5.74, 6) is 1.84. The summed E-state index contributed by atoms with van der Waals surface area (Å²) in [6.07, 6.45) is 1.52. The fraction of sp³-hybridized carbons (Fsp3) is 0.367. The molecule has 6 aromatic carbocycles. The summed E-state index contributed by atoms with van der Waals surface area (Å²) in [6, 6.07) is 32.6. The van der Waals surface area contributed by atoms with Gasteiger partial charge >= 0.3 is 0 Å². The minimum Gasteiger partial charge on any atom is -0.507 e. The van der Waals surface area contributed by atoms with Crippen LogP contribution in [-0.2, 0) is 60.6 Å². The summed E-state index contributed by atoms with van der Waals surface area (Å²) in [6.45, 7) is 26.9. The van der Waals surface area contributed by atoms with Crippen LogP contribution in [0.5, 0.6) is 23.0 Å². The first-order valence-electron chi connectivity index (χ1n) is 23.8. The predicted octanol–water partition coefficient (Wildman–Crippen LogP) is 12.7. The largest absolute Gasteiger partial charge is 0.507 e. The Bertz CT molecular complexity index is 2620. The van der Waals surface area contributed by atoms with Crippen LogP contribution < -0.4 is 20.9 Å². The number of phenols is 2. The van der Waals surface area contributed by atoms with Crippen molar-refractivity contribution >= 4 is 11.7 Å². The number of rotatable bonds is 8. The van der Waals surface area contributed by atoms with E-state index in [4.69, 9.17) is 31.8 Å². The zero-order valence-electron chi connectivity index (χ0n) is 42.3. The van der Waals surface area contributed by atoms with E-state index in [1.807, 2.05) is 48.5 Å². The summed E-state index contributed by atoms with van der Waals surface area (Å²) >= 11 is 0. The van der Waals surface area contributed by atoms with E-state index in [1.54, 1.807) is 0 Å². The van der Waals surface area contributed by atoms with E-state index in [2.05, 4.69) is 132 Å². The third kappa shape index (κ3) is 11.1. The van der Waals surface area contributed by atoms with Crippen LogP contribution in [0, 0.1) is 10.8 Å². The number of fused-ring (bicyclic) bond motifs is 8. The molecule has 0 unspecified atom stereocenters. The molecule has 0 saturated carbocycles. The molecular weight excluding hydrogens is 841 g/mol. The zero-order chi connectivity index (χ0) is 49.7. The van der Waals surface area contributed by atoms with Crippen LogP contribution in [0.15, 0.2) is 97.1 Å². The Kier molecular flexibility index (Phi) is 13.4. The van der Waals surface area contributed by atoms with E-state index in [-0.39, 0.29) is 58.0 Å². The minimum atomic E-state index is -0.248. The molecule has 1 aliphatic carbocycles. The second-order valence-electron chi connectivity index (χ2n) is 23.0. The maximum atomic E-state index is 12.7. The van der Waals surface area contributed by atoms with E-state index < -0.39 is 0 Å². The Balaban J connectivity index is 1.54. The molecule has 6 aromatic rings. The fourth-order valence-electron chi connectivity index (χ4n) is 8.98. The molecule has 8 nitrogen and oxygen atoms in total. The SMILES string of the molecule is CC(C)(C)c1cc2c(O)c(c1)Cc1cc(C(C)(C)C)cc(c1OCc1cccc(C(=N)N)c1)Cc1cc(C(C)(C)C)cc(c1O)Cc1cc(C(C)(C)C)cc(c1OCc1cccc(C(=N)N)c1)C2. The summed E-state index contributed by atoms with van der Waals surface area (Å²) in [4.78, 5) is 0. The van der Waals surface area contributed by atoms with Crippen molar-refractivity contribution in [2.45, 2.75) is 144 Å². The molecule has 68 heavy (non-hydrogen) atoms. The lowest BCUT2D eigenvalue weighted by Gasteiger charge is -2.28. The Morgan fingerprint density at radius 3 is 0.912 bits per heavy atom. The van der Waals surface area contributed by atoms with Crippen molar-refractivity contribution in [1.29, 1.82) is 10.8 Å². The van der Waals surface area contributed by atoms with Crippen molar-refractivity contribution in [2.75, 3.05) is 0 Å². The highest BCUT2D eigenvalue weighted by Gasteiger charge is 2.29. The lowest BCUT2D eigenvalue weighted by atomic mass is 9.79. The number of ether oxygens (including phenoxy) is 2. The van der Waals surface area contributed by atoms with Crippen molar-refractivity contribution in [3.05, 3.63) is 186 Å². The molecule has 356 valence electrons. The van der Waals surface area contributed by atoms with Crippen molar-refractivity contribution in [3.8, 4) is 23.0 Å². The number of nitrogens with one attached hydrogen (secondary N) is 2. The lowest BCUT2D eigenvalue weighted by molar-refractivity contribution is 0.299. The van der Waals surface area contributed by atoms with E-state index in [9.17, 15) is 10.2 Å². The van der Waals surface area contributed by atoms with Crippen molar-refractivity contribution < 1.29 is 19.7 Å². The Hall–Kier alpha value is -6.54. The van der Waals surface area contributed by atoms with E-state index in [0.29, 0.717) is 48.3 Å². The summed E-state index contributed by atoms with van der Waals surface area (Å²) < 4.78 is 14.0. The van der Waals surface area contributed by atoms with Crippen molar-refractivity contribution in [1.82, 2.24) is 0 Å². The molecule has 1 aliphatic rings. The van der Waals surface area contributed by atoms with Gasteiger partial charge in [0.1, 0.15) is 47.9 Å². The highest BCUT2D eigenvalue weighted by atomic mass is 16.5. The van der Waals surface area contributed by atoms with Gasteiger partial charge in [0, 0.05) is 36.8 Å². The molecule has 0 heterocycles. The van der Waals surface area contributed by atoms with Crippen molar-refractivity contribution in [3.63, 3.8) is 0 Å². The van der Waals surface area contributed by atoms with Gasteiger partial charge < -0.3 is 31.2 Å². The van der Waals surface area contributed by atoms with Gasteiger partial charge in [-0.05, 0) is 112 Å². The third-order valence-electron chi connectivity index (χ3n) is 13.3. The molecule has 8 N–H and O–H groups in total. The van der Waals surface area contributed by atoms with Crippen LogP contribution >= 0.6 is 0 Å². The number of hydrogen-bond donors (Lipinski definition) is 6. The molecular formula is C60H72N4O4. The molecule has 0 radical (unpaired) electrons. The smallest absolute Gasteiger partial charge is 0.126 e. The molecule has 0 amide bonds. The first-order chi connectivity index (χ1) is 31.6. The van der Waals surface area contributed by atoms with Gasteiger partial charge in [-0.1, -0.05) is 168 Å². The van der Waals surface area contributed by atoms with Gasteiger partial charge in [0.2, 0.25) is 0 Å². The molecule has 0 aliphatic heterocycles. The topological polar surface area (TPSA) is 159 Å². The molecule has 0 saturated heterocycles. The quantitative estimate of drug-likeness (QED) is 0.0658. The van der Waals surface area contributed by atoms with Gasteiger partial charge in [0.25, 0.3) is 0 Å². The fourth-order valence-corrected chi connectivity index (χ4v) is 8.98. The molecule has 8 heteroatoms. The Morgan fingerprint density at radius 1 is 0.426 bits per heavy atom. The molecule has 0 spiro atoms. The average Bonchev–Trinajstić information content (AvgIpc) is 3.23. The number of nitrogens with two attached hydrogens (primary N) is 2. The van der Waals surface area contributed by atoms with Crippen LogP contribution in [0.25, 0.3) is 0 Å². The molecule has 0 aromatic heterocycles. The van der Waals surface area contributed by atoms with Crippen LogP contribution in [-0.4, -0.2) is 21.9 Å². The number of aromatic hydroxyl groups is 2. The number of nitrogen functional groups attached to an aromatic ring is 2. The third-order valence-corrected chi connectivity index (χ3v) is 13.3. The Labute approximate surface area is 404 Å². The molecule has 0 fully saturated rings. The van der Waals surface area contributed by atoms with Gasteiger partial charge in [-0.3, -0.25) is 10.8 Å². The van der Waals surface area contributed by atoms with E-state index in [0.717, 1.165) is 77.9 Å². The maximum Gasteiger partial charge on any atom is 0.126 e. The van der Waals surface area contributed by atoms with Gasteiger partial charge in [-0.25, -0.2) is 0 Å². The van der Waals surface area contributed by atoms with Crippen molar-refractivity contribution in [2.24, 2.45) is 11.5 Å². The first-order valence-corrected chi connectivity index (χ1v) is 23.8. The summed E-state index contributed by atoms with van der Waals surface area (Å²) in [5.41, 5.74) is 25.2. The lowest BCUT2D eigenvalue weighted by Crippen LogP contribution is -2.17. The predicted molar refractivity (Wildman–Crippen MR) is 279 cm³/mol. The number of amidine groups is 2. The van der Waals surface area contributed by atoms with E-state index >= 15 is 0 Å². The first kappa shape index (κ1) is 49.4. The minimum absolute atomic E-state index is 0.00939. The second kappa shape index (κ2) is 18.5. The van der Waals surface area contributed by atoms with E-state index in [1.165, 1.54) is 0 Å². The molecule has 7 rings (SSSR count). The summed E-state index contributed by atoms with van der Waals surface area (Å²) in [7, 11) is 0. The number of hydrogen-bond acceptors (Lipinski definition) is 6. The average molecular weight is 913 g/mol. The van der Waals surface area contributed by atoms with Gasteiger partial charge in [-0.15, -0.1) is 0 Å². The summed E-state index contributed by atoms with van der Waals surface area (Å²) in [5, 5.41) is 41.6. The standard InChI is InChI=1S/C60H72N4O4/c1-57(2,3)47-25-39-21-43-29-49(59(7,8)9)31-45(53(43)67-33-35-15-13-17-37(19-35)55(61)62)23-41-27-48(58(4,5)6)28-42(52(41)66)24-46-32-50(60(10,11)12)30-44(22-40(26-47)51(39)65)54(46)68-34-36-16-14-18-38(20-36)56(63)64/h13-20,25-32,65-66H,21-24,33-34H2,1-12H3,(H3,61,62)(H3,63,64). The maximum absolute atomic E-state index is 12.7. The Morgan fingerprint density at radius 2 is 0.676 bits per heavy atom. The van der Waals surface area contributed by atoms with Gasteiger partial charge in [0.15, 0.2) is 0 Å². The van der Waals surface area contributed by atoms with Crippen LogP contribution in [0.1, 0.15) is 172 Å². The van der Waals surface area contributed by atoms with Crippen LogP contribution in [0.3, 0.4) is 0 Å². The number of phenolic OH excluding ortho intramolecular Hbond substituents is 2. The molecule has 0 atom stereocenters. The normalized spacial score (nSPS) is 13.2. The van der Waals surface area contributed by atoms with Crippen LogP contribution in [0.4, 0.5) is 0 Å². The highest BCUT2D eigenvalue weighted by Crippen LogP contribution is 2.44. The monoisotopic (exact) mass is 913 g/mol.